The molecule has 2 aromatic rings. The van der Waals surface area contributed by atoms with Gasteiger partial charge in [0.1, 0.15) is 12.1 Å². The number of primary amides is 1. The number of aromatic nitrogens is 1. The first-order valence-corrected chi connectivity index (χ1v) is 11.7. The van der Waals surface area contributed by atoms with Crippen molar-refractivity contribution in [2.24, 2.45) is 27.9 Å². The SMILES string of the molecule is NC(=O)CC(NC(=O)CNC(=O)C(CCCN=C(N)N)NC(=O)C(N)Cc1c[nH]c2ccccc12)C(=O)O. The lowest BCUT2D eigenvalue weighted by molar-refractivity contribution is -0.143. The number of para-hydroxylation sites is 1. The number of hydrogen-bond donors (Lipinski definition) is 9. The maximum Gasteiger partial charge on any atom is 0.326 e. The number of H-pyrrole nitrogens is 1. The fraction of sp³-hybridized carbons (Fsp3) is 0.391. The summed E-state index contributed by atoms with van der Waals surface area (Å²) in [5.41, 5.74) is 23.4. The molecule has 3 unspecified atom stereocenters. The predicted octanol–water partition coefficient (Wildman–Crippen LogP) is -2.86. The fourth-order valence-electron chi connectivity index (χ4n) is 3.62. The Balaban J connectivity index is 2.01. The molecule has 206 valence electrons. The molecule has 1 heterocycles. The average molecular weight is 532 g/mol. The summed E-state index contributed by atoms with van der Waals surface area (Å²) in [6.07, 6.45) is 1.79. The van der Waals surface area contributed by atoms with Gasteiger partial charge in [-0.1, -0.05) is 18.2 Å². The van der Waals surface area contributed by atoms with Gasteiger partial charge in [0.15, 0.2) is 5.96 Å². The minimum atomic E-state index is -1.55. The van der Waals surface area contributed by atoms with E-state index in [0.717, 1.165) is 16.5 Å². The third kappa shape index (κ3) is 9.42. The number of aromatic amines is 1. The van der Waals surface area contributed by atoms with Crippen LogP contribution in [0.3, 0.4) is 0 Å². The van der Waals surface area contributed by atoms with Gasteiger partial charge in [0, 0.05) is 23.6 Å². The van der Waals surface area contributed by atoms with Crippen LogP contribution in [0.15, 0.2) is 35.5 Å². The lowest BCUT2D eigenvalue weighted by Gasteiger charge is -2.21. The van der Waals surface area contributed by atoms with Crippen molar-refractivity contribution in [2.45, 2.75) is 43.8 Å². The summed E-state index contributed by atoms with van der Waals surface area (Å²) in [5, 5.41) is 17.0. The maximum atomic E-state index is 12.8. The van der Waals surface area contributed by atoms with Crippen molar-refractivity contribution >= 4 is 46.5 Å². The Labute approximate surface area is 217 Å². The minimum absolute atomic E-state index is 0.120. The molecule has 0 aliphatic rings. The van der Waals surface area contributed by atoms with Crippen molar-refractivity contribution in [3.63, 3.8) is 0 Å². The van der Waals surface area contributed by atoms with Gasteiger partial charge in [-0.25, -0.2) is 4.79 Å². The van der Waals surface area contributed by atoms with Crippen LogP contribution >= 0.6 is 0 Å². The summed E-state index contributed by atoms with van der Waals surface area (Å²) in [7, 11) is 0. The summed E-state index contributed by atoms with van der Waals surface area (Å²) in [5.74, 6) is -4.68. The average Bonchev–Trinajstić information content (AvgIpc) is 3.26. The number of carbonyl (C=O) groups is 5. The van der Waals surface area contributed by atoms with E-state index >= 15 is 0 Å². The number of amides is 4. The van der Waals surface area contributed by atoms with Gasteiger partial charge in [0.2, 0.25) is 23.6 Å². The molecule has 0 aliphatic carbocycles. The van der Waals surface area contributed by atoms with E-state index in [2.05, 4.69) is 25.9 Å². The molecular weight excluding hydrogens is 498 g/mol. The van der Waals surface area contributed by atoms with Crippen LogP contribution in [-0.2, 0) is 30.4 Å². The van der Waals surface area contributed by atoms with Gasteiger partial charge in [-0.2, -0.15) is 0 Å². The van der Waals surface area contributed by atoms with E-state index < -0.39 is 60.7 Å². The molecule has 0 spiro atoms. The molecule has 1 aromatic carbocycles. The number of carboxylic acid groups (broad SMARTS) is 1. The van der Waals surface area contributed by atoms with Crippen LogP contribution in [0.4, 0.5) is 0 Å². The Hall–Kier alpha value is -4.66. The molecule has 0 fully saturated rings. The van der Waals surface area contributed by atoms with Gasteiger partial charge in [0.05, 0.1) is 19.0 Å². The molecule has 0 saturated carbocycles. The van der Waals surface area contributed by atoms with Gasteiger partial charge >= 0.3 is 5.97 Å². The van der Waals surface area contributed by atoms with Crippen LogP contribution in [0.25, 0.3) is 10.9 Å². The molecule has 0 saturated heterocycles. The number of guanidine groups is 1. The molecule has 1 aromatic heterocycles. The van der Waals surface area contributed by atoms with Crippen molar-refractivity contribution in [2.75, 3.05) is 13.1 Å². The second-order valence-electron chi connectivity index (χ2n) is 8.53. The first-order valence-electron chi connectivity index (χ1n) is 11.7. The number of carbonyl (C=O) groups excluding carboxylic acids is 4. The Kier molecular flexibility index (Phi) is 11.0. The van der Waals surface area contributed by atoms with Crippen LogP contribution in [0.5, 0.6) is 0 Å². The largest absolute Gasteiger partial charge is 0.480 e. The fourth-order valence-corrected chi connectivity index (χ4v) is 3.62. The molecule has 3 atom stereocenters. The minimum Gasteiger partial charge on any atom is -0.480 e. The molecule has 0 radical (unpaired) electrons. The first kappa shape index (κ1) is 29.6. The molecule has 0 bridgehead atoms. The zero-order valence-corrected chi connectivity index (χ0v) is 20.6. The standard InChI is InChI=1S/C23H33N9O6/c24-14(8-12-10-29-15-5-2-1-4-13(12)15)20(35)32-16(6-3-7-28-23(26)27)21(36)30-11-19(34)31-17(22(37)38)9-18(25)33/h1-2,4-5,10,14,16-17,29H,3,6-9,11,24H2,(H2,25,33)(H,30,36)(H,31,34)(H,32,35)(H,37,38)(H4,26,27,28). The van der Waals surface area contributed by atoms with E-state index in [1.165, 1.54) is 0 Å². The highest BCUT2D eigenvalue weighted by molar-refractivity contribution is 5.93. The lowest BCUT2D eigenvalue weighted by Crippen LogP contribution is -2.54. The van der Waals surface area contributed by atoms with E-state index in [0.29, 0.717) is 6.42 Å². The molecule has 15 heteroatoms. The quantitative estimate of drug-likeness (QED) is 0.0648. The number of nitrogens with zero attached hydrogens (tertiary/aromatic N) is 1. The second kappa shape index (κ2) is 14.2. The van der Waals surface area contributed by atoms with Crippen LogP contribution in [0.1, 0.15) is 24.8 Å². The highest BCUT2D eigenvalue weighted by Gasteiger charge is 2.26. The van der Waals surface area contributed by atoms with Gasteiger partial charge in [-0.05, 0) is 30.9 Å². The molecule has 13 N–H and O–H groups in total. The van der Waals surface area contributed by atoms with Crippen LogP contribution in [0.2, 0.25) is 0 Å². The Morgan fingerprint density at radius 1 is 1.00 bits per heavy atom. The third-order valence-corrected chi connectivity index (χ3v) is 5.49. The number of aliphatic carboxylic acids is 1. The van der Waals surface area contributed by atoms with Gasteiger partial charge in [-0.3, -0.25) is 24.2 Å². The van der Waals surface area contributed by atoms with Crippen molar-refractivity contribution in [1.29, 1.82) is 0 Å². The Morgan fingerprint density at radius 3 is 2.37 bits per heavy atom. The monoisotopic (exact) mass is 531 g/mol. The van der Waals surface area contributed by atoms with Gasteiger partial charge in [-0.15, -0.1) is 0 Å². The molecule has 15 nitrogen and oxygen atoms in total. The van der Waals surface area contributed by atoms with Crippen LogP contribution < -0.4 is 38.9 Å². The summed E-state index contributed by atoms with van der Waals surface area (Å²) in [4.78, 5) is 66.9. The summed E-state index contributed by atoms with van der Waals surface area (Å²) < 4.78 is 0. The highest BCUT2D eigenvalue weighted by Crippen LogP contribution is 2.18. The molecular formula is C23H33N9O6. The van der Waals surface area contributed by atoms with E-state index in [1.807, 2.05) is 24.3 Å². The number of benzene rings is 1. The molecule has 2 rings (SSSR count). The van der Waals surface area contributed by atoms with Gasteiger partial charge in [0.25, 0.3) is 0 Å². The molecule has 4 amide bonds. The number of nitrogens with two attached hydrogens (primary N) is 4. The normalized spacial score (nSPS) is 13.1. The van der Waals surface area contributed by atoms with Crippen LogP contribution in [0, 0.1) is 0 Å². The number of fused-ring (bicyclic) bond motifs is 1. The maximum absolute atomic E-state index is 12.8. The second-order valence-corrected chi connectivity index (χ2v) is 8.53. The number of hydrogen-bond acceptors (Lipinski definition) is 7. The summed E-state index contributed by atoms with van der Waals surface area (Å²) in [6, 6.07) is 3.93. The number of aliphatic imine (C=N–C) groups is 1. The van der Waals surface area contributed by atoms with Crippen molar-refractivity contribution in [3.8, 4) is 0 Å². The third-order valence-electron chi connectivity index (χ3n) is 5.49. The zero-order chi connectivity index (χ0) is 28.2. The predicted molar refractivity (Wildman–Crippen MR) is 138 cm³/mol. The highest BCUT2D eigenvalue weighted by atomic mass is 16.4. The lowest BCUT2D eigenvalue weighted by atomic mass is 10.0. The van der Waals surface area contributed by atoms with Gasteiger partial charge < -0.3 is 49.0 Å². The molecule has 38 heavy (non-hydrogen) atoms. The van der Waals surface area contributed by atoms with E-state index in [-0.39, 0.29) is 25.3 Å². The van der Waals surface area contributed by atoms with Crippen LogP contribution in [-0.4, -0.2) is 76.9 Å². The van der Waals surface area contributed by atoms with Crippen molar-refractivity contribution in [3.05, 3.63) is 36.0 Å². The topological polar surface area (TPSA) is 274 Å². The van der Waals surface area contributed by atoms with E-state index in [4.69, 9.17) is 28.0 Å². The smallest absolute Gasteiger partial charge is 0.326 e. The Bertz CT molecular complexity index is 1190. The number of rotatable bonds is 15. The Morgan fingerprint density at radius 2 is 1.71 bits per heavy atom. The summed E-state index contributed by atoms with van der Waals surface area (Å²) >= 11 is 0. The van der Waals surface area contributed by atoms with E-state index in [1.54, 1.807) is 6.20 Å². The van der Waals surface area contributed by atoms with Crippen molar-refractivity contribution in [1.82, 2.24) is 20.9 Å². The van der Waals surface area contributed by atoms with E-state index in [9.17, 15) is 24.0 Å². The molecule has 0 aliphatic heterocycles. The summed E-state index contributed by atoms with van der Waals surface area (Å²) in [6.45, 7) is -0.416. The first-order chi connectivity index (χ1) is 18.0. The zero-order valence-electron chi connectivity index (χ0n) is 20.6. The van der Waals surface area contributed by atoms with Crippen molar-refractivity contribution < 1.29 is 29.1 Å². The number of carboxylic acids is 1. The number of nitrogens with one attached hydrogen (secondary N) is 4.